The van der Waals surface area contributed by atoms with Crippen LogP contribution in [0.15, 0.2) is 0 Å². The summed E-state index contributed by atoms with van der Waals surface area (Å²) in [5.74, 6) is -0.723. The van der Waals surface area contributed by atoms with Crippen LogP contribution in [0.3, 0.4) is 0 Å². The van der Waals surface area contributed by atoms with E-state index < -0.39 is 5.97 Å². The predicted octanol–water partition coefficient (Wildman–Crippen LogP) is 2.90. The van der Waals surface area contributed by atoms with E-state index in [0.29, 0.717) is 5.41 Å². The van der Waals surface area contributed by atoms with Crippen LogP contribution in [-0.2, 0) is 4.79 Å². The minimum Gasteiger partial charge on any atom is -0.481 e. The molecule has 0 aromatic carbocycles. The number of carboxylic acids is 1. The van der Waals surface area contributed by atoms with Crippen LogP contribution >= 0.6 is 0 Å². The minimum absolute atomic E-state index is 0.172. The van der Waals surface area contributed by atoms with E-state index in [1.165, 1.54) is 12.8 Å². The standard InChI is InChI=1S/C13H27NO2/c1-6-7-12(2,3)9-14-10-13(4,5)8-11(15)16/h14H,6-10H2,1-5H3,(H,15,16). The molecule has 0 aliphatic carbocycles. The lowest BCUT2D eigenvalue weighted by molar-refractivity contribution is -0.139. The van der Waals surface area contributed by atoms with Crippen LogP contribution in [0.2, 0.25) is 0 Å². The molecule has 96 valence electrons. The van der Waals surface area contributed by atoms with Gasteiger partial charge in [0.2, 0.25) is 0 Å². The fourth-order valence-corrected chi connectivity index (χ4v) is 1.98. The Morgan fingerprint density at radius 1 is 1.12 bits per heavy atom. The van der Waals surface area contributed by atoms with E-state index in [9.17, 15) is 4.79 Å². The first-order valence-electron chi connectivity index (χ1n) is 6.11. The second kappa shape index (κ2) is 6.24. The Morgan fingerprint density at radius 3 is 2.06 bits per heavy atom. The molecule has 0 aliphatic rings. The Balaban J connectivity index is 3.92. The Hall–Kier alpha value is -0.570. The van der Waals surface area contributed by atoms with Gasteiger partial charge in [0.15, 0.2) is 0 Å². The van der Waals surface area contributed by atoms with E-state index in [-0.39, 0.29) is 11.8 Å². The zero-order valence-corrected chi connectivity index (χ0v) is 11.4. The molecule has 0 fully saturated rings. The molecule has 0 rings (SSSR count). The molecule has 0 spiro atoms. The highest BCUT2D eigenvalue weighted by molar-refractivity contribution is 5.67. The van der Waals surface area contributed by atoms with Crippen molar-refractivity contribution in [3.63, 3.8) is 0 Å². The van der Waals surface area contributed by atoms with Gasteiger partial charge in [0.05, 0.1) is 6.42 Å². The van der Waals surface area contributed by atoms with Gasteiger partial charge in [0, 0.05) is 13.1 Å². The maximum Gasteiger partial charge on any atom is 0.303 e. The van der Waals surface area contributed by atoms with Gasteiger partial charge in [-0.3, -0.25) is 4.79 Å². The molecule has 0 aromatic heterocycles. The van der Waals surface area contributed by atoms with Gasteiger partial charge in [-0.1, -0.05) is 41.0 Å². The highest BCUT2D eigenvalue weighted by Gasteiger charge is 2.23. The molecule has 0 bridgehead atoms. The largest absolute Gasteiger partial charge is 0.481 e. The summed E-state index contributed by atoms with van der Waals surface area (Å²) in [6, 6.07) is 0. The van der Waals surface area contributed by atoms with Gasteiger partial charge >= 0.3 is 5.97 Å². The molecule has 0 amide bonds. The Labute approximate surface area is 99.6 Å². The molecule has 3 heteroatoms. The van der Waals surface area contributed by atoms with Crippen LogP contribution in [0.4, 0.5) is 0 Å². The first kappa shape index (κ1) is 15.4. The van der Waals surface area contributed by atoms with Crippen molar-refractivity contribution >= 4 is 5.97 Å². The number of hydrogen-bond donors (Lipinski definition) is 2. The fraction of sp³-hybridized carbons (Fsp3) is 0.923. The number of nitrogens with one attached hydrogen (secondary N) is 1. The summed E-state index contributed by atoms with van der Waals surface area (Å²) in [4.78, 5) is 10.6. The van der Waals surface area contributed by atoms with Crippen LogP contribution in [0.1, 0.15) is 53.9 Å². The first-order chi connectivity index (χ1) is 7.18. The summed E-state index contributed by atoms with van der Waals surface area (Å²) in [7, 11) is 0. The van der Waals surface area contributed by atoms with Crippen LogP contribution in [0, 0.1) is 10.8 Å². The van der Waals surface area contributed by atoms with Crippen molar-refractivity contribution in [2.45, 2.75) is 53.9 Å². The molecule has 0 saturated carbocycles. The van der Waals surface area contributed by atoms with Crippen molar-refractivity contribution in [2.24, 2.45) is 10.8 Å². The van der Waals surface area contributed by atoms with Gasteiger partial charge < -0.3 is 10.4 Å². The smallest absolute Gasteiger partial charge is 0.303 e. The van der Waals surface area contributed by atoms with E-state index in [1.807, 2.05) is 13.8 Å². The number of rotatable bonds is 8. The van der Waals surface area contributed by atoms with Gasteiger partial charge in [-0.25, -0.2) is 0 Å². The molecular formula is C13H27NO2. The number of carboxylic acid groups (broad SMARTS) is 1. The van der Waals surface area contributed by atoms with E-state index in [0.717, 1.165) is 13.1 Å². The third kappa shape index (κ3) is 7.69. The quantitative estimate of drug-likeness (QED) is 0.673. The van der Waals surface area contributed by atoms with E-state index in [2.05, 4.69) is 26.1 Å². The summed E-state index contributed by atoms with van der Waals surface area (Å²) in [5, 5.41) is 12.2. The molecule has 0 radical (unpaired) electrons. The number of aliphatic carboxylic acids is 1. The highest BCUT2D eigenvalue weighted by Crippen LogP contribution is 2.23. The second-order valence-corrected chi connectivity index (χ2v) is 6.25. The van der Waals surface area contributed by atoms with Crippen molar-refractivity contribution in [1.29, 1.82) is 0 Å². The normalized spacial score (nSPS) is 12.8. The third-order valence-corrected chi connectivity index (χ3v) is 2.76. The van der Waals surface area contributed by atoms with Gasteiger partial charge in [0.1, 0.15) is 0 Å². The minimum atomic E-state index is -0.723. The van der Waals surface area contributed by atoms with Crippen molar-refractivity contribution in [2.75, 3.05) is 13.1 Å². The third-order valence-electron chi connectivity index (χ3n) is 2.76. The predicted molar refractivity (Wildman–Crippen MR) is 67.6 cm³/mol. The Morgan fingerprint density at radius 2 is 1.62 bits per heavy atom. The zero-order chi connectivity index (χ0) is 12.8. The summed E-state index contributed by atoms with van der Waals surface area (Å²) in [6.45, 7) is 12.4. The monoisotopic (exact) mass is 229 g/mol. The van der Waals surface area contributed by atoms with E-state index in [4.69, 9.17) is 5.11 Å². The average molecular weight is 229 g/mol. The molecule has 0 aliphatic heterocycles. The van der Waals surface area contributed by atoms with Gasteiger partial charge in [0.25, 0.3) is 0 Å². The van der Waals surface area contributed by atoms with Gasteiger partial charge in [-0.05, 0) is 17.3 Å². The highest BCUT2D eigenvalue weighted by atomic mass is 16.4. The molecular weight excluding hydrogens is 202 g/mol. The molecule has 0 aromatic rings. The van der Waals surface area contributed by atoms with Gasteiger partial charge in [-0.15, -0.1) is 0 Å². The average Bonchev–Trinajstić information content (AvgIpc) is 1.99. The molecule has 16 heavy (non-hydrogen) atoms. The summed E-state index contributed by atoms with van der Waals surface area (Å²) in [5.41, 5.74) is 0.127. The van der Waals surface area contributed by atoms with E-state index in [1.54, 1.807) is 0 Å². The number of hydrogen-bond acceptors (Lipinski definition) is 2. The lowest BCUT2D eigenvalue weighted by atomic mass is 9.86. The van der Waals surface area contributed by atoms with Gasteiger partial charge in [-0.2, -0.15) is 0 Å². The summed E-state index contributed by atoms with van der Waals surface area (Å²) in [6.07, 6.45) is 2.60. The Kier molecular flexibility index (Phi) is 6.01. The van der Waals surface area contributed by atoms with Crippen LogP contribution in [0.5, 0.6) is 0 Å². The fourth-order valence-electron chi connectivity index (χ4n) is 1.98. The SMILES string of the molecule is CCCC(C)(C)CNCC(C)(C)CC(=O)O. The summed E-state index contributed by atoms with van der Waals surface area (Å²) >= 11 is 0. The maximum atomic E-state index is 10.6. The van der Waals surface area contributed by atoms with Crippen molar-refractivity contribution in [3.05, 3.63) is 0 Å². The number of carbonyl (C=O) groups is 1. The van der Waals surface area contributed by atoms with Crippen LogP contribution in [-0.4, -0.2) is 24.2 Å². The maximum absolute atomic E-state index is 10.6. The zero-order valence-electron chi connectivity index (χ0n) is 11.4. The van der Waals surface area contributed by atoms with E-state index >= 15 is 0 Å². The summed E-state index contributed by atoms with van der Waals surface area (Å²) < 4.78 is 0. The van der Waals surface area contributed by atoms with Crippen molar-refractivity contribution in [3.8, 4) is 0 Å². The van der Waals surface area contributed by atoms with Crippen molar-refractivity contribution in [1.82, 2.24) is 5.32 Å². The molecule has 2 N–H and O–H groups in total. The second-order valence-electron chi connectivity index (χ2n) is 6.25. The molecule has 0 saturated heterocycles. The van der Waals surface area contributed by atoms with Crippen LogP contribution < -0.4 is 5.32 Å². The van der Waals surface area contributed by atoms with Crippen molar-refractivity contribution < 1.29 is 9.90 Å². The first-order valence-corrected chi connectivity index (χ1v) is 6.11. The Bertz CT molecular complexity index is 222. The molecule has 0 heterocycles. The molecule has 0 atom stereocenters. The lowest BCUT2D eigenvalue weighted by Gasteiger charge is -2.28. The molecule has 0 unspecified atom stereocenters. The topological polar surface area (TPSA) is 49.3 Å². The van der Waals surface area contributed by atoms with Crippen LogP contribution in [0.25, 0.3) is 0 Å². The lowest BCUT2D eigenvalue weighted by Crippen LogP contribution is -2.37. The molecule has 3 nitrogen and oxygen atoms in total.